The number of rotatable bonds is 2. The first-order chi connectivity index (χ1) is 12.6. The summed E-state index contributed by atoms with van der Waals surface area (Å²) >= 11 is 5.83. The fourth-order valence-electron chi connectivity index (χ4n) is 4.28. The highest BCUT2D eigenvalue weighted by molar-refractivity contribution is 7.80. The SMILES string of the molecule is Cc1ccc(C)c(NC(=S)N2[C@@H]3CCC[C@H]2CC(NC(=O)C(C)(C)C)C3)c1. The Hall–Kier alpha value is -1.62. The Labute approximate surface area is 169 Å². The Balaban J connectivity index is 1.69. The van der Waals surface area contributed by atoms with Crippen molar-refractivity contribution in [2.75, 3.05) is 5.32 Å². The van der Waals surface area contributed by atoms with Gasteiger partial charge in [-0.1, -0.05) is 32.9 Å². The van der Waals surface area contributed by atoms with Crippen LogP contribution in [-0.2, 0) is 4.79 Å². The number of fused-ring (bicyclic) bond motifs is 2. The van der Waals surface area contributed by atoms with Crippen LogP contribution >= 0.6 is 12.2 Å². The number of hydrogen-bond acceptors (Lipinski definition) is 2. The lowest BCUT2D eigenvalue weighted by Gasteiger charge is -2.50. The number of nitrogens with one attached hydrogen (secondary N) is 2. The maximum Gasteiger partial charge on any atom is 0.225 e. The molecule has 5 heteroatoms. The second-order valence-electron chi connectivity index (χ2n) is 9.29. The lowest BCUT2D eigenvalue weighted by molar-refractivity contribution is -0.129. The first kappa shape index (κ1) is 20.1. The highest BCUT2D eigenvalue weighted by Gasteiger charge is 2.40. The summed E-state index contributed by atoms with van der Waals surface area (Å²) in [4.78, 5) is 14.8. The van der Waals surface area contributed by atoms with E-state index in [2.05, 4.69) is 47.6 Å². The zero-order valence-electron chi connectivity index (χ0n) is 17.3. The molecule has 0 radical (unpaired) electrons. The fraction of sp³-hybridized carbons (Fsp3) is 0.636. The molecule has 2 saturated heterocycles. The molecule has 2 bridgehead atoms. The quantitative estimate of drug-likeness (QED) is 0.731. The lowest BCUT2D eigenvalue weighted by atomic mass is 9.81. The van der Waals surface area contributed by atoms with Gasteiger partial charge in [0.05, 0.1) is 0 Å². The van der Waals surface area contributed by atoms with E-state index in [4.69, 9.17) is 12.2 Å². The van der Waals surface area contributed by atoms with Gasteiger partial charge in [0, 0.05) is 29.2 Å². The summed E-state index contributed by atoms with van der Waals surface area (Å²) in [5, 5.41) is 7.62. The molecule has 2 aliphatic heterocycles. The van der Waals surface area contributed by atoms with Gasteiger partial charge in [0.25, 0.3) is 0 Å². The summed E-state index contributed by atoms with van der Waals surface area (Å²) in [7, 11) is 0. The van der Waals surface area contributed by atoms with E-state index < -0.39 is 0 Å². The van der Waals surface area contributed by atoms with Crippen LogP contribution < -0.4 is 10.6 Å². The molecule has 0 saturated carbocycles. The molecule has 0 aliphatic carbocycles. The second-order valence-corrected chi connectivity index (χ2v) is 9.67. The second kappa shape index (κ2) is 7.78. The zero-order chi connectivity index (χ0) is 19.8. The topological polar surface area (TPSA) is 44.4 Å². The number of nitrogens with zero attached hydrogens (tertiary/aromatic N) is 1. The Bertz CT molecular complexity index is 711. The molecule has 4 nitrogen and oxygen atoms in total. The van der Waals surface area contributed by atoms with Crippen LogP contribution in [0.25, 0.3) is 0 Å². The predicted molar refractivity (Wildman–Crippen MR) is 116 cm³/mol. The van der Waals surface area contributed by atoms with Gasteiger partial charge in [-0.2, -0.15) is 0 Å². The van der Waals surface area contributed by atoms with Crippen LogP contribution in [0.1, 0.15) is 64.0 Å². The van der Waals surface area contributed by atoms with Crippen molar-refractivity contribution in [3.63, 3.8) is 0 Å². The van der Waals surface area contributed by atoms with Gasteiger partial charge >= 0.3 is 0 Å². The van der Waals surface area contributed by atoms with Crippen molar-refractivity contribution in [2.24, 2.45) is 5.41 Å². The monoisotopic (exact) mass is 387 g/mol. The van der Waals surface area contributed by atoms with E-state index in [0.29, 0.717) is 12.1 Å². The van der Waals surface area contributed by atoms with Gasteiger partial charge in [-0.25, -0.2) is 0 Å². The molecule has 3 atom stereocenters. The maximum absolute atomic E-state index is 12.4. The summed E-state index contributed by atoms with van der Waals surface area (Å²) in [6, 6.07) is 7.50. The summed E-state index contributed by atoms with van der Waals surface area (Å²) in [5.74, 6) is 0.148. The predicted octanol–water partition coefficient (Wildman–Crippen LogP) is 4.55. The van der Waals surface area contributed by atoms with E-state index in [1.54, 1.807) is 0 Å². The highest BCUT2D eigenvalue weighted by atomic mass is 32.1. The lowest BCUT2D eigenvalue weighted by Crippen LogP contribution is -2.60. The number of benzene rings is 1. The van der Waals surface area contributed by atoms with Crippen LogP contribution in [0, 0.1) is 19.3 Å². The molecule has 1 unspecified atom stereocenters. The maximum atomic E-state index is 12.4. The van der Waals surface area contributed by atoms with Crippen LogP contribution in [0.5, 0.6) is 0 Å². The van der Waals surface area contributed by atoms with Gasteiger partial charge in [0.1, 0.15) is 0 Å². The molecule has 3 rings (SSSR count). The normalized spacial score (nSPS) is 25.1. The molecule has 0 aromatic heterocycles. The van der Waals surface area contributed by atoms with Gasteiger partial charge in [0.2, 0.25) is 5.91 Å². The van der Waals surface area contributed by atoms with E-state index in [1.165, 1.54) is 17.5 Å². The zero-order valence-corrected chi connectivity index (χ0v) is 18.1. The van der Waals surface area contributed by atoms with Crippen LogP contribution in [0.4, 0.5) is 5.69 Å². The van der Waals surface area contributed by atoms with E-state index in [9.17, 15) is 4.79 Å². The van der Waals surface area contributed by atoms with E-state index >= 15 is 0 Å². The van der Waals surface area contributed by atoms with Crippen molar-refractivity contribution < 1.29 is 4.79 Å². The van der Waals surface area contributed by atoms with Gasteiger partial charge in [0.15, 0.2) is 5.11 Å². The summed E-state index contributed by atoms with van der Waals surface area (Å²) in [6.07, 6.45) is 5.50. The molecule has 2 heterocycles. The number of carbonyl (C=O) groups is 1. The van der Waals surface area contributed by atoms with Crippen molar-refractivity contribution in [1.29, 1.82) is 0 Å². The minimum absolute atomic E-state index is 0.148. The average Bonchev–Trinajstić information content (AvgIpc) is 2.56. The largest absolute Gasteiger partial charge is 0.353 e. The third-order valence-corrected chi connectivity index (χ3v) is 6.17. The molecule has 1 amide bonds. The highest BCUT2D eigenvalue weighted by Crippen LogP contribution is 2.35. The molecule has 0 spiro atoms. The number of aryl methyl sites for hydroxylation is 2. The van der Waals surface area contributed by atoms with E-state index in [-0.39, 0.29) is 17.4 Å². The Morgan fingerprint density at radius 2 is 1.78 bits per heavy atom. The molecule has 1 aromatic rings. The van der Waals surface area contributed by atoms with Gasteiger partial charge in [-0.3, -0.25) is 4.79 Å². The number of thiocarbonyl (C=S) groups is 1. The molecule has 1 aromatic carbocycles. The van der Waals surface area contributed by atoms with E-state index in [1.807, 2.05) is 20.8 Å². The summed E-state index contributed by atoms with van der Waals surface area (Å²) in [5.41, 5.74) is 3.20. The molecule has 2 aliphatic rings. The third-order valence-electron chi connectivity index (χ3n) is 5.86. The number of anilines is 1. The van der Waals surface area contributed by atoms with Crippen molar-refractivity contribution in [3.05, 3.63) is 29.3 Å². The molecule has 2 fully saturated rings. The van der Waals surface area contributed by atoms with Gasteiger partial charge in [-0.15, -0.1) is 0 Å². The number of piperidine rings is 2. The number of hydrogen-bond donors (Lipinski definition) is 2. The molecular weight excluding hydrogens is 354 g/mol. The first-order valence-electron chi connectivity index (χ1n) is 10.1. The Morgan fingerprint density at radius 3 is 2.37 bits per heavy atom. The van der Waals surface area contributed by atoms with Crippen molar-refractivity contribution in [3.8, 4) is 0 Å². The van der Waals surface area contributed by atoms with Crippen LogP contribution in [0.3, 0.4) is 0 Å². The molecule has 2 N–H and O–H groups in total. The molecule has 148 valence electrons. The molecular formula is C22H33N3OS. The number of amides is 1. The summed E-state index contributed by atoms with van der Waals surface area (Å²) < 4.78 is 0. The average molecular weight is 388 g/mol. The van der Waals surface area contributed by atoms with Crippen molar-refractivity contribution >= 4 is 28.9 Å². The minimum atomic E-state index is -0.341. The Morgan fingerprint density at radius 1 is 1.15 bits per heavy atom. The smallest absolute Gasteiger partial charge is 0.225 e. The number of carbonyl (C=O) groups excluding carboxylic acids is 1. The molecule has 27 heavy (non-hydrogen) atoms. The van der Waals surface area contributed by atoms with Gasteiger partial charge < -0.3 is 15.5 Å². The van der Waals surface area contributed by atoms with Crippen molar-refractivity contribution in [1.82, 2.24) is 10.2 Å². The minimum Gasteiger partial charge on any atom is -0.353 e. The third kappa shape index (κ3) is 4.63. The first-order valence-corrected chi connectivity index (χ1v) is 10.5. The van der Waals surface area contributed by atoms with Crippen molar-refractivity contribution in [2.45, 2.75) is 84.8 Å². The van der Waals surface area contributed by atoms with E-state index in [0.717, 1.165) is 36.5 Å². The fourth-order valence-corrected chi connectivity index (χ4v) is 4.69. The summed E-state index contributed by atoms with van der Waals surface area (Å²) in [6.45, 7) is 10.1. The van der Waals surface area contributed by atoms with Crippen LogP contribution in [0.2, 0.25) is 0 Å². The van der Waals surface area contributed by atoms with Gasteiger partial charge in [-0.05, 0) is 75.4 Å². The van der Waals surface area contributed by atoms with Crippen LogP contribution in [0.15, 0.2) is 18.2 Å². The standard InChI is InChI=1S/C22H33N3OS/c1-14-9-10-15(2)19(11-14)24-21(27)25-17-7-6-8-18(25)13-16(12-17)23-20(26)22(3,4)5/h9-11,16-18H,6-8,12-13H2,1-5H3,(H,23,26)(H,24,27)/t16?,17-,18+. The Kier molecular flexibility index (Phi) is 5.80. The van der Waals surface area contributed by atoms with Crippen LogP contribution in [-0.4, -0.2) is 34.0 Å².